The summed E-state index contributed by atoms with van der Waals surface area (Å²) in [5.74, 6) is 1.98. The van der Waals surface area contributed by atoms with Crippen molar-refractivity contribution in [2.75, 3.05) is 34.5 Å². The van der Waals surface area contributed by atoms with E-state index in [4.69, 9.17) is 18.9 Å². The van der Waals surface area contributed by atoms with Crippen molar-refractivity contribution < 1.29 is 18.9 Å². The Morgan fingerprint density at radius 3 is 2.30 bits per heavy atom. The first kappa shape index (κ1) is 16.6. The van der Waals surface area contributed by atoms with E-state index in [1.54, 1.807) is 21.3 Å². The maximum absolute atomic E-state index is 5.45. The Labute approximate surface area is 121 Å². The maximum atomic E-state index is 5.45. The molecule has 0 saturated heterocycles. The molecule has 5 heteroatoms. The number of hydrogen-bond donors (Lipinski definition) is 1. The third-order valence-corrected chi connectivity index (χ3v) is 3.00. The number of nitrogens with one attached hydrogen (secondary N) is 1. The van der Waals surface area contributed by atoms with Gasteiger partial charge in [-0.1, -0.05) is 6.07 Å². The maximum Gasteiger partial charge on any atom is 0.203 e. The van der Waals surface area contributed by atoms with Crippen molar-refractivity contribution in [3.8, 4) is 17.2 Å². The Balaban J connectivity index is 2.79. The molecule has 1 N–H and O–H groups in total. The molecule has 0 heterocycles. The van der Waals surface area contributed by atoms with Gasteiger partial charge in [0, 0.05) is 24.8 Å². The first-order chi connectivity index (χ1) is 9.67. The molecule has 1 aromatic carbocycles. The van der Waals surface area contributed by atoms with Crippen LogP contribution in [0.5, 0.6) is 17.2 Å². The van der Waals surface area contributed by atoms with E-state index in [2.05, 4.69) is 12.2 Å². The molecule has 0 fully saturated rings. The van der Waals surface area contributed by atoms with Gasteiger partial charge in [-0.05, 0) is 19.9 Å². The van der Waals surface area contributed by atoms with Crippen LogP contribution in [0.4, 0.5) is 0 Å². The molecule has 20 heavy (non-hydrogen) atoms. The summed E-state index contributed by atoms with van der Waals surface area (Å²) in [6.45, 7) is 6.17. The third kappa shape index (κ3) is 4.28. The highest BCUT2D eigenvalue weighted by atomic mass is 16.5. The molecular weight excluding hydrogens is 258 g/mol. The minimum atomic E-state index is 0.271. The van der Waals surface area contributed by atoms with Crippen molar-refractivity contribution in [1.82, 2.24) is 5.32 Å². The van der Waals surface area contributed by atoms with Crippen LogP contribution < -0.4 is 19.5 Å². The zero-order chi connectivity index (χ0) is 15.0. The molecule has 0 bridgehead atoms. The molecule has 114 valence electrons. The summed E-state index contributed by atoms with van der Waals surface area (Å²) in [7, 11) is 4.85. The monoisotopic (exact) mass is 283 g/mol. The second-order valence-electron chi connectivity index (χ2n) is 4.43. The fraction of sp³-hybridized carbons (Fsp3) is 0.600. The summed E-state index contributed by atoms with van der Waals surface area (Å²) in [6, 6.07) is 4.12. The topological polar surface area (TPSA) is 49.0 Å². The van der Waals surface area contributed by atoms with E-state index in [1.165, 1.54) is 0 Å². The van der Waals surface area contributed by atoms with Crippen LogP contribution in [0.15, 0.2) is 12.1 Å². The Morgan fingerprint density at radius 2 is 1.75 bits per heavy atom. The number of ether oxygens (including phenoxy) is 4. The predicted molar refractivity (Wildman–Crippen MR) is 78.9 cm³/mol. The molecule has 5 nitrogen and oxygen atoms in total. The van der Waals surface area contributed by atoms with Gasteiger partial charge in [-0.25, -0.2) is 0 Å². The molecule has 0 aliphatic rings. The molecule has 1 rings (SSSR count). The number of hydrogen-bond acceptors (Lipinski definition) is 5. The zero-order valence-corrected chi connectivity index (χ0v) is 13.0. The molecule has 0 radical (unpaired) electrons. The van der Waals surface area contributed by atoms with Crippen LogP contribution in [-0.2, 0) is 11.3 Å². The van der Waals surface area contributed by atoms with Crippen LogP contribution in [0.3, 0.4) is 0 Å². The smallest absolute Gasteiger partial charge is 0.203 e. The lowest BCUT2D eigenvalue weighted by atomic mass is 10.1. The van der Waals surface area contributed by atoms with Crippen molar-refractivity contribution in [1.29, 1.82) is 0 Å². The van der Waals surface area contributed by atoms with Gasteiger partial charge in [0.1, 0.15) is 0 Å². The van der Waals surface area contributed by atoms with Gasteiger partial charge in [0.15, 0.2) is 11.5 Å². The molecule has 0 spiro atoms. The Hall–Kier alpha value is -1.46. The molecule has 0 aromatic heterocycles. The molecule has 1 unspecified atom stereocenters. The van der Waals surface area contributed by atoms with Crippen LogP contribution in [-0.4, -0.2) is 40.6 Å². The van der Waals surface area contributed by atoms with E-state index in [0.717, 1.165) is 12.2 Å². The highest BCUT2D eigenvalue weighted by Gasteiger charge is 2.15. The van der Waals surface area contributed by atoms with E-state index >= 15 is 0 Å². The van der Waals surface area contributed by atoms with Gasteiger partial charge in [0.05, 0.1) is 27.9 Å². The predicted octanol–water partition coefficient (Wildman–Crippen LogP) is 2.23. The summed E-state index contributed by atoms with van der Waals surface area (Å²) in [6.07, 6.45) is 0. The van der Waals surface area contributed by atoms with Crippen LogP contribution in [0.2, 0.25) is 0 Å². The van der Waals surface area contributed by atoms with Crippen LogP contribution in [0.1, 0.15) is 19.4 Å². The summed E-state index contributed by atoms with van der Waals surface area (Å²) in [5, 5.41) is 3.40. The van der Waals surface area contributed by atoms with Gasteiger partial charge in [0.2, 0.25) is 5.75 Å². The summed E-state index contributed by atoms with van der Waals surface area (Å²) >= 11 is 0. The molecule has 1 atom stereocenters. The van der Waals surface area contributed by atoms with E-state index < -0.39 is 0 Å². The Bertz CT molecular complexity index is 409. The standard InChI is InChI=1S/C15H25NO4/c1-6-20-10-11(2)16-9-12-7-8-13(17-3)15(19-5)14(12)18-4/h7-8,11,16H,6,9-10H2,1-5H3. The SMILES string of the molecule is CCOCC(C)NCc1ccc(OC)c(OC)c1OC. The van der Waals surface area contributed by atoms with Crippen LogP contribution in [0.25, 0.3) is 0 Å². The van der Waals surface area contributed by atoms with Crippen molar-refractivity contribution in [3.05, 3.63) is 17.7 Å². The summed E-state index contributed by atoms with van der Waals surface area (Å²) in [5.41, 5.74) is 1.02. The molecule has 1 aromatic rings. The summed E-state index contributed by atoms with van der Waals surface area (Å²) < 4.78 is 21.5. The molecule has 0 amide bonds. The third-order valence-electron chi connectivity index (χ3n) is 3.00. The average molecular weight is 283 g/mol. The van der Waals surface area contributed by atoms with Crippen molar-refractivity contribution in [2.24, 2.45) is 0 Å². The quantitative estimate of drug-likeness (QED) is 0.753. The van der Waals surface area contributed by atoms with Crippen molar-refractivity contribution >= 4 is 0 Å². The average Bonchev–Trinajstić information content (AvgIpc) is 2.49. The van der Waals surface area contributed by atoms with Crippen LogP contribution >= 0.6 is 0 Å². The Kier molecular flexibility index (Phi) is 7.18. The first-order valence-corrected chi connectivity index (χ1v) is 6.76. The van der Waals surface area contributed by atoms with Crippen molar-refractivity contribution in [3.63, 3.8) is 0 Å². The first-order valence-electron chi connectivity index (χ1n) is 6.76. The molecule has 0 aliphatic heterocycles. The van der Waals surface area contributed by atoms with Gasteiger partial charge in [0.25, 0.3) is 0 Å². The molecule has 0 saturated carbocycles. The highest BCUT2D eigenvalue weighted by molar-refractivity contribution is 5.55. The second-order valence-corrected chi connectivity index (χ2v) is 4.43. The van der Waals surface area contributed by atoms with Gasteiger partial charge in [-0.15, -0.1) is 0 Å². The van der Waals surface area contributed by atoms with Gasteiger partial charge in [-0.2, -0.15) is 0 Å². The minimum absolute atomic E-state index is 0.271. The zero-order valence-electron chi connectivity index (χ0n) is 13.0. The number of benzene rings is 1. The van der Waals surface area contributed by atoms with E-state index in [1.807, 2.05) is 19.1 Å². The highest BCUT2D eigenvalue weighted by Crippen LogP contribution is 2.39. The number of rotatable bonds is 9. The van der Waals surface area contributed by atoms with Gasteiger partial charge in [-0.3, -0.25) is 0 Å². The van der Waals surface area contributed by atoms with Crippen molar-refractivity contribution in [2.45, 2.75) is 26.4 Å². The molecule has 0 aliphatic carbocycles. The lowest BCUT2D eigenvalue weighted by Crippen LogP contribution is -2.30. The second kappa shape index (κ2) is 8.66. The van der Waals surface area contributed by atoms with Gasteiger partial charge < -0.3 is 24.3 Å². The lowest BCUT2D eigenvalue weighted by Gasteiger charge is -2.18. The van der Waals surface area contributed by atoms with Gasteiger partial charge >= 0.3 is 0 Å². The fourth-order valence-corrected chi connectivity index (χ4v) is 1.94. The van der Waals surface area contributed by atoms with E-state index in [-0.39, 0.29) is 6.04 Å². The number of methoxy groups -OCH3 is 3. The normalized spacial score (nSPS) is 12.1. The lowest BCUT2D eigenvalue weighted by molar-refractivity contribution is 0.127. The van der Waals surface area contributed by atoms with E-state index in [0.29, 0.717) is 30.4 Å². The Morgan fingerprint density at radius 1 is 1.05 bits per heavy atom. The molecular formula is C15H25NO4. The van der Waals surface area contributed by atoms with Crippen LogP contribution in [0, 0.1) is 0 Å². The summed E-state index contributed by atoms with van der Waals surface area (Å²) in [4.78, 5) is 0. The minimum Gasteiger partial charge on any atom is -0.493 e. The van der Waals surface area contributed by atoms with E-state index in [9.17, 15) is 0 Å². The fourth-order valence-electron chi connectivity index (χ4n) is 1.94. The largest absolute Gasteiger partial charge is 0.493 e.